The van der Waals surface area contributed by atoms with Crippen LogP contribution in [0.15, 0.2) is 30.3 Å². The number of aliphatic hydroxyl groups is 1. The quantitative estimate of drug-likeness (QED) is 0.605. The van der Waals surface area contributed by atoms with Gasteiger partial charge in [-0.1, -0.05) is 30.3 Å². The first-order chi connectivity index (χ1) is 7.24. The summed E-state index contributed by atoms with van der Waals surface area (Å²) in [5.74, 6) is -0.390. The highest BCUT2D eigenvalue weighted by Crippen LogP contribution is 2.20. The highest BCUT2D eigenvalue weighted by molar-refractivity contribution is 6.16. The molecule has 0 fully saturated rings. The molecule has 0 saturated carbocycles. The molecule has 1 rings (SSSR count). The Balaban J connectivity index is 3.18. The molecule has 0 bridgehead atoms. The van der Waals surface area contributed by atoms with Crippen molar-refractivity contribution < 1.29 is 14.6 Å². The second kappa shape index (κ2) is 5.32. The van der Waals surface area contributed by atoms with Crippen molar-refractivity contribution in [3.05, 3.63) is 41.5 Å². The fourth-order valence-electron chi connectivity index (χ4n) is 1.41. The highest BCUT2D eigenvalue weighted by atomic mass is 16.5. The molecule has 3 heteroatoms. The van der Waals surface area contributed by atoms with Crippen LogP contribution >= 0.6 is 0 Å². The summed E-state index contributed by atoms with van der Waals surface area (Å²) in [4.78, 5) is 11.4. The number of benzene rings is 1. The Morgan fingerprint density at radius 1 is 1.47 bits per heavy atom. The molecule has 1 aromatic carbocycles. The fourth-order valence-corrected chi connectivity index (χ4v) is 1.41. The SMILES string of the molecule is CC=C(C(=O)OC)c1ccccc1CO. The molecule has 0 radical (unpaired) electrons. The number of hydrogen-bond acceptors (Lipinski definition) is 3. The zero-order valence-corrected chi connectivity index (χ0v) is 8.86. The predicted molar refractivity (Wildman–Crippen MR) is 58.0 cm³/mol. The normalized spacial score (nSPS) is 11.3. The van der Waals surface area contributed by atoms with E-state index in [1.807, 2.05) is 12.1 Å². The predicted octanol–water partition coefficient (Wildman–Crippen LogP) is 1.76. The van der Waals surface area contributed by atoms with Crippen molar-refractivity contribution in [1.82, 2.24) is 0 Å². The van der Waals surface area contributed by atoms with E-state index in [4.69, 9.17) is 5.11 Å². The van der Waals surface area contributed by atoms with Crippen molar-refractivity contribution in [3.8, 4) is 0 Å². The molecule has 0 aliphatic rings. The van der Waals surface area contributed by atoms with E-state index in [9.17, 15) is 4.79 Å². The van der Waals surface area contributed by atoms with E-state index in [0.29, 0.717) is 11.1 Å². The van der Waals surface area contributed by atoms with Gasteiger partial charge in [0, 0.05) is 0 Å². The Kier molecular flexibility index (Phi) is 4.06. The number of rotatable bonds is 3. The number of hydrogen-bond donors (Lipinski definition) is 1. The van der Waals surface area contributed by atoms with E-state index in [1.54, 1.807) is 25.1 Å². The Hall–Kier alpha value is -1.61. The van der Waals surface area contributed by atoms with Crippen molar-refractivity contribution >= 4 is 11.5 Å². The summed E-state index contributed by atoms with van der Waals surface area (Å²) in [6, 6.07) is 7.21. The number of methoxy groups -OCH3 is 1. The van der Waals surface area contributed by atoms with Crippen molar-refractivity contribution in [2.45, 2.75) is 13.5 Å². The molecule has 0 heterocycles. The zero-order valence-electron chi connectivity index (χ0n) is 8.86. The summed E-state index contributed by atoms with van der Waals surface area (Å²) < 4.78 is 4.67. The second-order valence-corrected chi connectivity index (χ2v) is 3.01. The smallest absolute Gasteiger partial charge is 0.338 e. The first-order valence-electron chi connectivity index (χ1n) is 4.68. The van der Waals surface area contributed by atoms with E-state index >= 15 is 0 Å². The Morgan fingerprint density at radius 2 is 2.13 bits per heavy atom. The molecule has 0 spiro atoms. The molecule has 0 aromatic heterocycles. The molecule has 0 aliphatic carbocycles. The van der Waals surface area contributed by atoms with Gasteiger partial charge in [-0.25, -0.2) is 4.79 Å². The van der Waals surface area contributed by atoms with Crippen LogP contribution in [0.3, 0.4) is 0 Å². The lowest BCUT2D eigenvalue weighted by Crippen LogP contribution is -2.06. The van der Waals surface area contributed by atoms with Crippen LogP contribution in [0.2, 0.25) is 0 Å². The summed E-state index contributed by atoms with van der Waals surface area (Å²) in [6.07, 6.45) is 1.68. The van der Waals surface area contributed by atoms with Crippen LogP contribution < -0.4 is 0 Å². The van der Waals surface area contributed by atoms with Gasteiger partial charge in [-0.05, 0) is 18.1 Å². The standard InChI is InChI=1S/C12H14O3/c1-3-10(12(14)15-2)11-7-5-4-6-9(11)8-13/h3-7,13H,8H2,1-2H3. The minimum atomic E-state index is -0.390. The van der Waals surface area contributed by atoms with E-state index in [0.717, 1.165) is 5.56 Å². The lowest BCUT2D eigenvalue weighted by Gasteiger charge is -2.09. The Morgan fingerprint density at radius 3 is 2.67 bits per heavy atom. The van der Waals surface area contributed by atoms with Crippen LogP contribution in [0, 0.1) is 0 Å². The van der Waals surface area contributed by atoms with E-state index < -0.39 is 5.97 Å². The number of ether oxygens (including phenoxy) is 1. The molecule has 1 N–H and O–H groups in total. The fraction of sp³-hybridized carbons (Fsp3) is 0.250. The monoisotopic (exact) mass is 206 g/mol. The van der Waals surface area contributed by atoms with Gasteiger partial charge in [0.05, 0.1) is 19.3 Å². The van der Waals surface area contributed by atoms with Gasteiger partial charge in [-0.3, -0.25) is 0 Å². The molecule has 0 amide bonds. The van der Waals surface area contributed by atoms with Crippen LogP contribution in [0.4, 0.5) is 0 Å². The average molecular weight is 206 g/mol. The van der Waals surface area contributed by atoms with Crippen LogP contribution in [0.1, 0.15) is 18.1 Å². The maximum atomic E-state index is 11.4. The van der Waals surface area contributed by atoms with E-state index in [-0.39, 0.29) is 6.61 Å². The summed E-state index contributed by atoms with van der Waals surface area (Å²) >= 11 is 0. The number of esters is 1. The van der Waals surface area contributed by atoms with Crippen molar-refractivity contribution in [1.29, 1.82) is 0 Å². The van der Waals surface area contributed by atoms with Crippen molar-refractivity contribution in [3.63, 3.8) is 0 Å². The first kappa shape index (κ1) is 11.5. The topological polar surface area (TPSA) is 46.5 Å². The number of allylic oxidation sites excluding steroid dienone is 1. The molecular weight excluding hydrogens is 192 g/mol. The van der Waals surface area contributed by atoms with Crippen LogP contribution in [0.5, 0.6) is 0 Å². The summed E-state index contributed by atoms with van der Waals surface area (Å²) in [7, 11) is 1.34. The number of carbonyl (C=O) groups is 1. The maximum absolute atomic E-state index is 11.4. The minimum absolute atomic E-state index is 0.0928. The molecule has 15 heavy (non-hydrogen) atoms. The van der Waals surface area contributed by atoms with E-state index in [2.05, 4.69) is 4.74 Å². The molecular formula is C12H14O3. The van der Waals surface area contributed by atoms with Gasteiger partial charge in [0.2, 0.25) is 0 Å². The van der Waals surface area contributed by atoms with Gasteiger partial charge in [0.25, 0.3) is 0 Å². The molecule has 0 aliphatic heterocycles. The van der Waals surface area contributed by atoms with Crippen LogP contribution in [-0.4, -0.2) is 18.2 Å². The third-order valence-electron chi connectivity index (χ3n) is 2.17. The average Bonchev–Trinajstić information content (AvgIpc) is 2.30. The second-order valence-electron chi connectivity index (χ2n) is 3.01. The lowest BCUT2D eigenvalue weighted by molar-refractivity contribution is -0.133. The highest BCUT2D eigenvalue weighted by Gasteiger charge is 2.13. The van der Waals surface area contributed by atoms with Gasteiger partial charge in [0.1, 0.15) is 0 Å². The number of aliphatic hydroxyl groups excluding tert-OH is 1. The maximum Gasteiger partial charge on any atom is 0.338 e. The van der Waals surface area contributed by atoms with Crippen molar-refractivity contribution in [2.24, 2.45) is 0 Å². The Bertz CT molecular complexity index is 380. The Labute approximate surface area is 89.0 Å². The zero-order chi connectivity index (χ0) is 11.3. The van der Waals surface area contributed by atoms with Crippen LogP contribution in [0.25, 0.3) is 5.57 Å². The van der Waals surface area contributed by atoms with Gasteiger partial charge < -0.3 is 9.84 Å². The summed E-state index contributed by atoms with van der Waals surface area (Å²) in [5.41, 5.74) is 1.91. The third kappa shape index (κ3) is 2.44. The molecule has 0 unspecified atom stereocenters. The van der Waals surface area contributed by atoms with Gasteiger partial charge in [0.15, 0.2) is 0 Å². The summed E-state index contributed by atoms with van der Waals surface area (Å²) in [6.45, 7) is 1.67. The molecule has 1 aromatic rings. The van der Waals surface area contributed by atoms with Crippen LogP contribution in [-0.2, 0) is 16.1 Å². The van der Waals surface area contributed by atoms with E-state index in [1.165, 1.54) is 7.11 Å². The number of carbonyl (C=O) groups excluding carboxylic acids is 1. The molecule has 80 valence electrons. The van der Waals surface area contributed by atoms with Gasteiger partial charge >= 0.3 is 5.97 Å². The first-order valence-corrected chi connectivity index (χ1v) is 4.68. The van der Waals surface area contributed by atoms with Gasteiger partial charge in [-0.15, -0.1) is 0 Å². The largest absolute Gasteiger partial charge is 0.465 e. The van der Waals surface area contributed by atoms with Crippen molar-refractivity contribution in [2.75, 3.05) is 7.11 Å². The minimum Gasteiger partial charge on any atom is -0.465 e. The molecule has 0 atom stereocenters. The summed E-state index contributed by atoms with van der Waals surface area (Å²) in [5, 5.41) is 9.14. The third-order valence-corrected chi connectivity index (χ3v) is 2.17. The van der Waals surface area contributed by atoms with Gasteiger partial charge in [-0.2, -0.15) is 0 Å². The molecule has 0 saturated heterocycles. The lowest BCUT2D eigenvalue weighted by atomic mass is 10.00. The molecule has 3 nitrogen and oxygen atoms in total.